The van der Waals surface area contributed by atoms with Crippen LogP contribution in [0.3, 0.4) is 0 Å². The standard InChI is InChI=1S/C23H27N5O3/c1-3-28(4-2)11-5-9-26-20-13-21(27-19-8-10-25-14-18(19)20)16-7-6-15(23(30)31)12-17(16)22(24)29/h6-8,10,12-14H,3-5,9,11H2,1-2H3,(H2,24,29)(H,26,27)(H,30,31). The van der Waals surface area contributed by atoms with Gasteiger partial charge in [0.2, 0.25) is 5.91 Å². The highest BCUT2D eigenvalue weighted by molar-refractivity contribution is 6.03. The molecule has 4 N–H and O–H groups in total. The van der Waals surface area contributed by atoms with E-state index in [1.807, 2.05) is 6.07 Å². The summed E-state index contributed by atoms with van der Waals surface area (Å²) in [4.78, 5) is 34.6. The first-order valence-electron chi connectivity index (χ1n) is 10.3. The summed E-state index contributed by atoms with van der Waals surface area (Å²) < 4.78 is 0. The molecular formula is C23H27N5O3. The molecule has 0 saturated heterocycles. The summed E-state index contributed by atoms with van der Waals surface area (Å²) in [5.41, 5.74) is 8.25. The fourth-order valence-electron chi connectivity index (χ4n) is 3.52. The van der Waals surface area contributed by atoms with Crippen molar-refractivity contribution in [2.75, 3.05) is 31.5 Å². The molecule has 3 aromatic rings. The first-order valence-corrected chi connectivity index (χ1v) is 10.3. The third-order valence-electron chi connectivity index (χ3n) is 5.28. The van der Waals surface area contributed by atoms with Crippen LogP contribution in [0.4, 0.5) is 5.69 Å². The van der Waals surface area contributed by atoms with Gasteiger partial charge in [-0.05, 0) is 50.3 Å². The predicted molar refractivity (Wildman–Crippen MR) is 121 cm³/mol. The van der Waals surface area contributed by atoms with Crippen LogP contribution in [0.15, 0.2) is 42.7 Å². The van der Waals surface area contributed by atoms with Gasteiger partial charge in [-0.2, -0.15) is 0 Å². The Morgan fingerprint density at radius 2 is 1.94 bits per heavy atom. The summed E-state index contributed by atoms with van der Waals surface area (Å²) in [5.74, 6) is -1.83. The number of nitrogens with zero attached hydrogens (tertiary/aromatic N) is 3. The van der Waals surface area contributed by atoms with Gasteiger partial charge in [0, 0.05) is 41.1 Å². The van der Waals surface area contributed by atoms with Crippen molar-refractivity contribution in [1.82, 2.24) is 14.9 Å². The van der Waals surface area contributed by atoms with Gasteiger partial charge in [-0.15, -0.1) is 0 Å². The molecule has 31 heavy (non-hydrogen) atoms. The molecular weight excluding hydrogens is 394 g/mol. The Kier molecular flexibility index (Phi) is 7.15. The van der Waals surface area contributed by atoms with Crippen molar-refractivity contribution in [1.29, 1.82) is 0 Å². The van der Waals surface area contributed by atoms with E-state index in [4.69, 9.17) is 5.73 Å². The number of aromatic carboxylic acids is 1. The Labute approximate surface area is 181 Å². The molecule has 0 bridgehead atoms. The maximum Gasteiger partial charge on any atom is 0.335 e. The average Bonchev–Trinajstić information content (AvgIpc) is 2.78. The number of pyridine rings is 2. The number of carboxylic acids is 1. The minimum absolute atomic E-state index is 0.00251. The van der Waals surface area contributed by atoms with Gasteiger partial charge in [0.15, 0.2) is 0 Å². The maximum atomic E-state index is 12.0. The second-order valence-corrected chi connectivity index (χ2v) is 7.18. The number of rotatable bonds is 10. The van der Waals surface area contributed by atoms with Crippen molar-refractivity contribution in [3.05, 3.63) is 53.9 Å². The smallest absolute Gasteiger partial charge is 0.335 e. The molecule has 0 spiro atoms. The number of hydrogen-bond donors (Lipinski definition) is 3. The van der Waals surface area contributed by atoms with Gasteiger partial charge < -0.3 is 21.1 Å². The number of carbonyl (C=O) groups is 2. The quantitative estimate of drug-likeness (QED) is 0.430. The molecule has 0 aliphatic carbocycles. The molecule has 0 aliphatic rings. The van der Waals surface area contributed by atoms with E-state index in [-0.39, 0.29) is 11.1 Å². The molecule has 1 amide bonds. The molecule has 8 heteroatoms. The van der Waals surface area contributed by atoms with Gasteiger partial charge in [-0.3, -0.25) is 9.78 Å². The number of fused-ring (bicyclic) bond motifs is 1. The van der Waals surface area contributed by atoms with E-state index < -0.39 is 11.9 Å². The van der Waals surface area contributed by atoms with E-state index in [1.54, 1.807) is 24.5 Å². The zero-order chi connectivity index (χ0) is 22.4. The van der Waals surface area contributed by atoms with Crippen LogP contribution in [0, 0.1) is 0 Å². The first-order chi connectivity index (χ1) is 14.9. The van der Waals surface area contributed by atoms with Gasteiger partial charge in [-0.25, -0.2) is 9.78 Å². The lowest BCUT2D eigenvalue weighted by Gasteiger charge is -2.18. The number of benzene rings is 1. The van der Waals surface area contributed by atoms with Crippen molar-refractivity contribution in [3.63, 3.8) is 0 Å². The predicted octanol–water partition coefficient (Wildman–Crippen LogP) is 3.24. The molecule has 0 fully saturated rings. The Balaban J connectivity index is 1.97. The average molecular weight is 422 g/mol. The minimum atomic E-state index is -1.12. The topological polar surface area (TPSA) is 121 Å². The van der Waals surface area contributed by atoms with Crippen molar-refractivity contribution >= 4 is 28.5 Å². The molecule has 162 valence electrons. The highest BCUT2D eigenvalue weighted by Crippen LogP contribution is 2.30. The Hall–Kier alpha value is -3.52. The molecule has 8 nitrogen and oxygen atoms in total. The fourth-order valence-corrected chi connectivity index (χ4v) is 3.52. The molecule has 0 unspecified atom stereocenters. The second kappa shape index (κ2) is 9.99. The Morgan fingerprint density at radius 3 is 2.61 bits per heavy atom. The van der Waals surface area contributed by atoms with Crippen LogP contribution < -0.4 is 11.1 Å². The van der Waals surface area contributed by atoms with Crippen LogP contribution in [0.25, 0.3) is 22.2 Å². The monoisotopic (exact) mass is 421 g/mol. The van der Waals surface area contributed by atoms with Gasteiger partial charge in [-0.1, -0.05) is 19.9 Å². The minimum Gasteiger partial charge on any atom is -0.478 e. The zero-order valence-electron chi connectivity index (χ0n) is 17.8. The van der Waals surface area contributed by atoms with Crippen molar-refractivity contribution in [2.24, 2.45) is 5.73 Å². The Morgan fingerprint density at radius 1 is 1.16 bits per heavy atom. The van der Waals surface area contributed by atoms with E-state index in [1.165, 1.54) is 12.1 Å². The van der Waals surface area contributed by atoms with Gasteiger partial charge in [0.1, 0.15) is 0 Å². The van der Waals surface area contributed by atoms with Crippen LogP contribution in [-0.4, -0.2) is 58.0 Å². The van der Waals surface area contributed by atoms with E-state index in [9.17, 15) is 14.7 Å². The van der Waals surface area contributed by atoms with Crippen LogP contribution in [0.2, 0.25) is 0 Å². The van der Waals surface area contributed by atoms with Crippen molar-refractivity contribution in [3.8, 4) is 11.3 Å². The third kappa shape index (κ3) is 5.16. The summed E-state index contributed by atoms with van der Waals surface area (Å²) in [6.07, 6.45) is 4.38. The summed E-state index contributed by atoms with van der Waals surface area (Å²) in [6, 6.07) is 7.96. The van der Waals surface area contributed by atoms with Crippen LogP contribution in [0.5, 0.6) is 0 Å². The van der Waals surface area contributed by atoms with E-state index in [0.717, 1.165) is 49.2 Å². The van der Waals surface area contributed by atoms with E-state index in [0.29, 0.717) is 11.3 Å². The molecule has 0 aliphatic heterocycles. The van der Waals surface area contributed by atoms with Gasteiger partial charge in [0.05, 0.1) is 16.8 Å². The normalized spacial score (nSPS) is 11.1. The molecule has 0 saturated carbocycles. The maximum absolute atomic E-state index is 12.0. The number of carbonyl (C=O) groups excluding carboxylic acids is 1. The zero-order valence-corrected chi connectivity index (χ0v) is 17.8. The number of hydrogen-bond acceptors (Lipinski definition) is 6. The molecule has 2 heterocycles. The highest BCUT2D eigenvalue weighted by Gasteiger charge is 2.16. The summed E-state index contributed by atoms with van der Waals surface area (Å²) in [5, 5.41) is 13.6. The SMILES string of the molecule is CCN(CC)CCCNc1cc(-c2ccc(C(=O)O)cc2C(N)=O)nc2ccncc12. The van der Waals surface area contributed by atoms with Crippen LogP contribution in [-0.2, 0) is 0 Å². The number of aromatic nitrogens is 2. The third-order valence-corrected chi connectivity index (χ3v) is 5.28. The van der Waals surface area contributed by atoms with Crippen LogP contribution >= 0.6 is 0 Å². The first kappa shape index (κ1) is 22.2. The van der Waals surface area contributed by atoms with Gasteiger partial charge in [0.25, 0.3) is 0 Å². The largest absolute Gasteiger partial charge is 0.478 e. The second-order valence-electron chi connectivity index (χ2n) is 7.18. The molecule has 1 aromatic carbocycles. The van der Waals surface area contributed by atoms with Gasteiger partial charge >= 0.3 is 5.97 Å². The molecule has 3 rings (SSSR count). The Bertz CT molecular complexity index is 1100. The lowest BCUT2D eigenvalue weighted by Crippen LogP contribution is -2.25. The van der Waals surface area contributed by atoms with Crippen LogP contribution in [0.1, 0.15) is 41.0 Å². The lowest BCUT2D eigenvalue weighted by molar-refractivity contribution is 0.0697. The molecule has 0 radical (unpaired) electrons. The number of amides is 1. The van der Waals surface area contributed by atoms with Crippen molar-refractivity contribution in [2.45, 2.75) is 20.3 Å². The summed E-state index contributed by atoms with van der Waals surface area (Å²) in [6.45, 7) is 8.10. The van der Waals surface area contributed by atoms with Crippen molar-refractivity contribution < 1.29 is 14.7 Å². The summed E-state index contributed by atoms with van der Waals surface area (Å²) in [7, 11) is 0. The number of anilines is 1. The van der Waals surface area contributed by atoms with E-state index >= 15 is 0 Å². The number of carboxylic acid groups (broad SMARTS) is 1. The molecule has 0 atom stereocenters. The molecule has 2 aromatic heterocycles. The summed E-state index contributed by atoms with van der Waals surface area (Å²) >= 11 is 0. The highest BCUT2D eigenvalue weighted by atomic mass is 16.4. The number of nitrogens with two attached hydrogens (primary N) is 1. The lowest BCUT2D eigenvalue weighted by atomic mass is 9.99. The number of primary amides is 1. The number of nitrogens with one attached hydrogen (secondary N) is 1. The van der Waals surface area contributed by atoms with E-state index in [2.05, 4.69) is 34.0 Å². The fraction of sp³-hybridized carbons (Fsp3) is 0.304.